The molecular formula is C14H19Br2NO. The van der Waals surface area contributed by atoms with Gasteiger partial charge >= 0.3 is 0 Å². The summed E-state index contributed by atoms with van der Waals surface area (Å²) in [5.74, 6) is 0.951. The van der Waals surface area contributed by atoms with Gasteiger partial charge in [0.25, 0.3) is 0 Å². The molecular weight excluding hydrogens is 358 g/mol. The Balaban J connectivity index is 2.10. The van der Waals surface area contributed by atoms with Crippen molar-refractivity contribution in [2.75, 3.05) is 6.61 Å². The van der Waals surface area contributed by atoms with E-state index < -0.39 is 0 Å². The van der Waals surface area contributed by atoms with Gasteiger partial charge in [0.05, 0.1) is 11.1 Å². The average Bonchev–Trinajstić information content (AvgIpc) is 2.88. The highest BCUT2D eigenvalue weighted by Gasteiger charge is 2.45. The van der Waals surface area contributed by atoms with E-state index in [0.29, 0.717) is 18.1 Å². The van der Waals surface area contributed by atoms with Crippen molar-refractivity contribution in [3.63, 3.8) is 0 Å². The van der Waals surface area contributed by atoms with Crippen LogP contribution in [0.15, 0.2) is 21.1 Å². The summed E-state index contributed by atoms with van der Waals surface area (Å²) in [4.78, 5) is 0. The van der Waals surface area contributed by atoms with Crippen molar-refractivity contribution < 1.29 is 4.74 Å². The Kier molecular flexibility index (Phi) is 4.40. The number of hydrogen-bond donors (Lipinski definition) is 1. The largest absolute Gasteiger partial charge is 0.492 e. The fourth-order valence-electron chi connectivity index (χ4n) is 2.10. The third-order valence-electron chi connectivity index (χ3n) is 3.43. The topological polar surface area (TPSA) is 21.3 Å². The van der Waals surface area contributed by atoms with Crippen LogP contribution < -0.4 is 10.1 Å². The SMILES string of the molecule is CCOc1c(Br)cc(Br)cc1CNC1CC1(C)C. The Morgan fingerprint density at radius 1 is 1.39 bits per heavy atom. The second-order valence-corrected chi connectivity index (χ2v) is 7.21. The van der Waals surface area contributed by atoms with E-state index in [1.165, 1.54) is 12.0 Å². The van der Waals surface area contributed by atoms with Crippen LogP contribution in [0.2, 0.25) is 0 Å². The molecule has 0 spiro atoms. The minimum absolute atomic E-state index is 0.453. The van der Waals surface area contributed by atoms with E-state index in [2.05, 4.69) is 57.1 Å². The van der Waals surface area contributed by atoms with Gasteiger partial charge in [0.1, 0.15) is 5.75 Å². The summed E-state index contributed by atoms with van der Waals surface area (Å²) < 4.78 is 7.80. The standard InChI is InChI=1S/C14H19Br2NO/c1-4-18-13-9(5-10(15)6-11(13)16)8-17-12-7-14(12,2)3/h5-6,12,17H,4,7-8H2,1-3H3. The van der Waals surface area contributed by atoms with Crippen LogP contribution >= 0.6 is 31.9 Å². The molecule has 0 aromatic heterocycles. The van der Waals surface area contributed by atoms with Gasteiger partial charge in [-0.3, -0.25) is 0 Å². The molecule has 1 atom stereocenters. The summed E-state index contributed by atoms with van der Waals surface area (Å²) in [5, 5.41) is 3.59. The van der Waals surface area contributed by atoms with Crippen LogP contribution in [0.4, 0.5) is 0 Å². The van der Waals surface area contributed by atoms with Gasteiger partial charge in [-0.1, -0.05) is 29.8 Å². The Hall–Kier alpha value is -0.0600. The molecule has 4 heteroatoms. The van der Waals surface area contributed by atoms with Crippen molar-refractivity contribution in [3.05, 3.63) is 26.6 Å². The zero-order valence-corrected chi connectivity index (χ0v) is 14.2. The quantitative estimate of drug-likeness (QED) is 0.816. The number of hydrogen-bond acceptors (Lipinski definition) is 2. The molecule has 1 aliphatic rings. The smallest absolute Gasteiger partial charge is 0.138 e. The fourth-order valence-corrected chi connectivity index (χ4v) is 3.53. The minimum atomic E-state index is 0.453. The maximum atomic E-state index is 5.72. The molecule has 2 nitrogen and oxygen atoms in total. The average molecular weight is 377 g/mol. The monoisotopic (exact) mass is 375 g/mol. The molecule has 1 N–H and O–H groups in total. The summed E-state index contributed by atoms with van der Waals surface area (Å²) in [6.45, 7) is 8.13. The van der Waals surface area contributed by atoms with Crippen molar-refractivity contribution in [1.29, 1.82) is 0 Å². The van der Waals surface area contributed by atoms with E-state index >= 15 is 0 Å². The molecule has 0 aliphatic heterocycles. The van der Waals surface area contributed by atoms with Crippen LogP contribution in [-0.4, -0.2) is 12.6 Å². The molecule has 1 aliphatic carbocycles. The lowest BCUT2D eigenvalue weighted by Gasteiger charge is -2.14. The number of rotatable bonds is 5. The van der Waals surface area contributed by atoms with E-state index in [4.69, 9.17) is 4.74 Å². The third kappa shape index (κ3) is 3.28. The van der Waals surface area contributed by atoms with E-state index in [-0.39, 0.29) is 0 Å². The summed E-state index contributed by atoms with van der Waals surface area (Å²) in [5.41, 5.74) is 1.65. The van der Waals surface area contributed by atoms with Crippen molar-refractivity contribution in [3.8, 4) is 5.75 Å². The maximum Gasteiger partial charge on any atom is 0.138 e. The highest BCUT2D eigenvalue weighted by molar-refractivity contribution is 9.11. The molecule has 1 fully saturated rings. The van der Waals surface area contributed by atoms with Gasteiger partial charge in [0, 0.05) is 22.6 Å². The first-order valence-electron chi connectivity index (χ1n) is 6.28. The molecule has 0 amide bonds. The van der Waals surface area contributed by atoms with Gasteiger partial charge in [0.2, 0.25) is 0 Å². The third-order valence-corrected chi connectivity index (χ3v) is 4.47. The van der Waals surface area contributed by atoms with Crippen LogP contribution in [0, 0.1) is 5.41 Å². The second kappa shape index (κ2) is 5.51. The molecule has 100 valence electrons. The summed E-state index contributed by atoms with van der Waals surface area (Å²) in [7, 11) is 0. The molecule has 2 rings (SSSR count). The second-order valence-electron chi connectivity index (χ2n) is 5.44. The van der Waals surface area contributed by atoms with Crippen LogP contribution in [0.25, 0.3) is 0 Å². The highest BCUT2D eigenvalue weighted by Crippen LogP contribution is 2.45. The fraction of sp³-hybridized carbons (Fsp3) is 0.571. The first kappa shape index (κ1) is 14.4. The van der Waals surface area contributed by atoms with Crippen molar-refractivity contribution in [2.24, 2.45) is 5.41 Å². The Labute approximate surface area is 126 Å². The lowest BCUT2D eigenvalue weighted by Crippen LogP contribution is -2.20. The van der Waals surface area contributed by atoms with E-state index in [1.54, 1.807) is 0 Å². The predicted octanol–water partition coefficient (Wildman–Crippen LogP) is 4.50. The first-order valence-corrected chi connectivity index (χ1v) is 7.86. The van der Waals surface area contributed by atoms with Crippen LogP contribution in [0.1, 0.15) is 32.8 Å². The summed E-state index contributed by atoms with van der Waals surface area (Å²) in [6.07, 6.45) is 1.26. The van der Waals surface area contributed by atoms with Gasteiger partial charge in [-0.05, 0) is 46.8 Å². The number of benzene rings is 1. The zero-order valence-electron chi connectivity index (χ0n) is 11.0. The molecule has 1 unspecified atom stereocenters. The number of ether oxygens (including phenoxy) is 1. The lowest BCUT2D eigenvalue weighted by molar-refractivity contribution is 0.333. The number of nitrogens with one attached hydrogen (secondary N) is 1. The normalized spacial score (nSPS) is 20.8. The zero-order chi connectivity index (χ0) is 13.3. The molecule has 0 saturated heterocycles. The molecule has 1 aromatic rings. The van der Waals surface area contributed by atoms with Crippen molar-refractivity contribution >= 4 is 31.9 Å². The maximum absolute atomic E-state index is 5.72. The van der Waals surface area contributed by atoms with Gasteiger partial charge in [-0.2, -0.15) is 0 Å². The Morgan fingerprint density at radius 2 is 2.06 bits per heavy atom. The predicted molar refractivity (Wildman–Crippen MR) is 82.0 cm³/mol. The van der Waals surface area contributed by atoms with Gasteiger partial charge in [0.15, 0.2) is 0 Å². The summed E-state index contributed by atoms with van der Waals surface area (Å²) >= 11 is 7.09. The van der Waals surface area contributed by atoms with Gasteiger partial charge in [-0.15, -0.1) is 0 Å². The van der Waals surface area contributed by atoms with Gasteiger partial charge in [-0.25, -0.2) is 0 Å². The summed E-state index contributed by atoms with van der Waals surface area (Å²) in [6, 6.07) is 4.78. The molecule has 0 radical (unpaired) electrons. The molecule has 1 aromatic carbocycles. The van der Waals surface area contributed by atoms with Crippen LogP contribution in [0.5, 0.6) is 5.75 Å². The van der Waals surface area contributed by atoms with Crippen LogP contribution in [-0.2, 0) is 6.54 Å². The van der Waals surface area contributed by atoms with E-state index in [9.17, 15) is 0 Å². The van der Waals surface area contributed by atoms with Crippen molar-refractivity contribution in [1.82, 2.24) is 5.32 Å². The Morgan fingerprint density at radius 3 is 2.61 bits per heavy atom. The van der Waals surface area contributed by atoms with Crippen LogP contribution in [0.3, 0.4) is 0 Å². The highest BCUT2D eigenvalue weighted by atomic mass is 79.9. The first-order chi connectivity index (χ1) is 8.44. The van der Waals surface area contributed by atoms with Gasteiger partial charge < -0.3 is 10.1 Å². The van der Waals surface area contributed by atoms with E-state index in [0.717, 1.165) is 21.2 Å². The number of halogens is 2. The molecule has 0 bridgehead atoms. The van der Waals surface area contributed by atoms with Crippen molar-refractivity contribution in [2.45, 2.75) is 39.8 Å². The molecule has 0 heterocycles. The Bertz CT molecular complexity index is 446. The molecule has 1 saturated carbocycles. The lowest BCUT2D eigenvalue weighted by atomic mass is 10.1. The van der Waals surface area contributed by atoms with E-state index in [1.807, 2.05) is 13.0 Å². The molecule has 18 heavy (non-hydrogen) atoms. The minimum Gasteiger partial charge on any atom is -0.492 e.